The predicted octanol–water partition coefficient (Wildman–Crippen LogP) is -0.144. The molecule has 4 heteroatoms. The Labute approximate surface area is 94.6 Å². The van der Waals surface area contributed by atoms with Gasteiger partial charge in [-0.05, 0) is 32.6 Å². The number of nitrogens with two attached hydrogens (primary N) is 1. The van der Waals surface area contributed by atoms with E-state index in [1.165, 1.54) is 0 Å². The molecule has 0 saturated carbocycles. The lowest BCUT2D eigenvalue weighted by Gasteiger charge is -2.16. The highest BCUT2D eigenvalue weighted by Crippen LogP contribution is 1.87. The van der Waals surface area contributed by atoms with Crippen molar-refractivity contribution in [2.24, 2.45) is 5.73 Å². The van der Waals surface area contributed by atoms with Gasteiger partial charge >= 0.3 is 0 Å². The van der Waals surface area contributed by atoms with Crippen LogP contribution in [0.3, 0.4) is 0 Å². The van der Waals surface area contributed by atoms with Crippen LogP contribution in [-0.2, 0) is 0 Å². The topological polar surface area (TPSA) is 53.3 Å². The number of nitrogens with one attached hydrogen (secondary N) is 2. The van der Waals surface area contributed by atoms with Crippen LogP contribution < -0.4 is 16.4 Å². The molecule has 1 saturated heterocycles. The maximum absolute atomic E-state index is 5.36. The molecule has 4 N–H and O–H groups in total. The monoisotopic (exact) mass is 216 g/mol. The molecular formula is C11H28N4. The molecule has 0 unspecified atom stereocenters. The Kier molecular flexibility index (Phi) is 11.8. The lowest BCUT2D eigenvalue weighted by molar-refractivity contribution is 0.302. The largest absolute Gasteiger partial charge is 0.330 e. The van der Waals surface area contributed by atoms with Gasteiger partial charge in [0.15, 0.2) is 0 Å². The third-order valence-electron chi connectivity index (χ3n) is 2.53. The Hall–Kier alpha value is -0.160. The summed E-state index contributed by atoms with van der Waals surface area (Å²) in [7, 11) is 0. The highest BCUT2D eigenvalue weighted by molar-refractivity contribution is 4.59. The minimum absolute atomic E-state index is 0.816. The minimum atomic E-state index is 0.816. The normalized spacial score (nSPS) is 16.0. The molecule has 1 aliphatic heterocycles. The first kappa shape index (κ1) is 14.8. The third kappa shape index (κ3) is 10.1. The molecule has 15 heavy (non-hydrogen) atoms. The molecule has 0 aromatic carbocycles. The van der Waals surface area contributed by atoms with Crippen LogP contribution in [0.5, 0.6) is 0 Å². The van der Waals surface area contributed by atoms with Crippen LogP contribution >= 0.6 is 0 Å². The molecule has 0 spiro atoms. The number of piperazine rings is 1. The maximum Gasteiger partial charge on any atom is 0.00772 e. The van der Waals surface area contributed by atoms with Gasteiger partial charge in [-0.25, -0.2) is 0 Å². The number of nitrogens with zero attached hydrogens (tertiary/aromatic N) is 1. The van der Waals surface area contributed by atoms with E-state index in [4.69, 9.17) is 5.73 Å². The zero-order valence-corrected chi connectivity index (χ0v) is 10.4. The zero-order chi connectivity index (χ0) is 11.4. The van der Waals surface area contributed by atoms with E-state index in [2.05, 4.69) is 29.4 Å². The van der Waals surface area contributed by atoms with Crippen molar-refractivity contribution < 1.29 is 0 Å². The summed E-state index contributed by atoms with van der Waals surface area (Å²) in [5.41, 5.74) is 5.36. The third-order valence-corrected chi connectivity index (χ3v) is 2.53. The molecule has 0 aromatic heterocycles. The van der Waals surface area contributed by atoms with Crippen LogP contribution in [0.15, 0.2) is 0 Å². The molecule has 4 nitrogen and oxygen atoms in total. The summed E-state index contributed by atoms with van der Waals surface area (Å²) in [5, 5.41) is 6.44. The second-order valence-corrected chi connectivity index (χ2v) is 3.67. The van der Waals surface area contributed by atoms with Gasteiger partial charge in [-0.1, -0.05) is 13.8 Å². The summed E-state index contributed by atoms with van der Waals surface area (Å²) in [6.45, 7) is 13.2. The van der Waals surface area contributed by atoms with Crippen LogP contribution in [0, 0.1) is 0 Å². The van der Waals surface area contributed by atoms with Gasteiger partial charge in [0, 0.05) is 26.2 Å². The van der Waals surface area contributed by atoms with Crippen molar-refractivity contribution in [3.05, 3.63) is 0 Å². The summed E-state index contributed by atoms with van der Waals surface area (Å²) >= 11 is 0. The van der Waals surface area contributed by atoms with Gasteiger partial charge in [-0.15, -0.1) is 0 Å². The maximum atomic E-state index is 5.36. The van der Waals surface area contributed by atoms with E-state index >= 15 is 0 Å². The van der Waals surface area contributed by atoms with Crippen molar-refractivity contribution >= 4 is 0 Å². The minimum Gasteiger partial charge on any atom is -0.330 e. The summed E-state index contributed by atoms with van der Waals surface area (Å²) < 4.78 is 0. The van der Waals surface area contributed by atoms with Gasteiger partial charge in [-0.2, -0.15) is 0 Å². The zero-order valence-electron chi connectivity index (χ0n) is 10.4. The number of rotatable bonds is 5. The fraction of sp³-hybridized carbons (Fsp3) is 1.00. The van der Waals surface area contributed by atoms with Crippen molar-refractivity contribution in [2.45, 2.75) is 20.3 Å². The number of hydrogen-bond donors (Lipinski definition) is 3. The second-order valence-electron chi connectivity index (χ2n) is 3.67. The molecule has 1 fully saturated rings. The van der Waals surface area contributed by atoms with E-state index in [0.29, 0.717) is 0 Å². The molecule has 1 rings (SSSR count). The molecule has 1 aliphatic rings. The molecule has 0 atom stereocenters. The average Bonchev–Trinajstić information content (AvgIpc) is 2.34. The first-order valence-electron chi connectivity index (χ1n) is 6.19. The Bertz CT molecular complexity index is 99.6. The van der Waals surface area contributed by atoms with Gasteiger partial charge in [-0.3, -0.25) is 0 Å². The lowest BCUT2D eigenvalue weighted by atomic mass is 10.4. The molecule has 0 radical (unpaired) electrons. The number of hydrogen-bond acceptors (Lipinski definition) is 4. The summed E-state index contributed by atoms with van der Waals surface area (Å²) in [4.78, 5) is 2.38. The first-order valence-corrected chi connectivity index (χ1v) is 6.19. The Morgan fingerprint density at radius 1 is 1.00 bits per heavy atom. The summed E-state index contributed by atoms with van der Waals surface area (Å²) in [6.07, 6.45) is 1.13. The molecule has 0 bridgehead atoms. The van der Waals surface area contributed by atoms with Gasteiger partial charge in [0.1, 0.15) is 0 Å². The molecule has 0 aliphatic carbocycles. The van der Waals surface area contributed by atoms with E-state index in [1.807, 2.05) is 0 Å². The van der Waals surface area contributed by atoms with E-state index in [0.717, 1.165) is 58.8 Å². The van der Waals surface area contributed by atoms with Gasteiger partial charge in [0.2, 0.25) is 0 Å². The standard InChI is InChI=1S/C7H18N2.C4H10N2/c1-3-9(4-2)7-5-6-8;1-2-6-4-3-5-1/h3-8H2,1-2H3;5-6H,1-4H2. The highest BCUT2D eigenvalue weighted by atomic mass is 15.1. The SMILES string of the molecule is C1CNCCN1.CCN(CC)CCCN. The Balaban J connectivity index is 0.000000280. The Morgan fingerprint density at radius 2 is 1.47 bits per heavy atom. The van der Waals surface area contributed by atoms with Crippen molar-refractivity contribution in [3.63, 3.8) is 0 Å². The van der Waals surface area contributed by atoms with Crippen molar-refractivity contribution in [1.82, 2.24) is 15.5 Å². The lowest BCUT2D eigenvalue weighted by Crippen LogP contribution is -2.39. The summed E-state index contributed by atoms with van der Waals surface area (Å²) in [6, 6.07) is 0. The quantitative estimate of drug-likeness (QED) is 0.598. The fourth-order valence-electron chi connectivity index (χ4n) is 1.46. The van der Waals surface area contributed by atoms with Crippen LogP contribution in [0.4, 0.5) is 0 Å². The van der Waals surface area contributed by atoms with Gasteiger partial charge in [0.25, 0.3) is 0 Å². The molecule has 92 valence electrons. The Morgan fingerprint density at radius 3 is 1.73 bits per heavy atom. The van der Waals surface area contributed by atoms with Crippen molar-refractivity contribution in [1.29, 1.82) is 0 Å². The highest BCUT2D eigenvalue weighted by Gasteiger charge is 1.94. The smallest absolute Gasteiger partial charge is 0.00772 e. The van der Waals surface area contributed by atoms with Crippen LogP contribution in [0.1, 0.15) is 20.3 Å². The molecule has 0 aromatic rings. The molecular weight excluding hydrogens is 188 g/mol. The second kappa shape index (κ2) is 11.9. The van der Waals surface area contributed by atoms with Gasteiger partial charge in [0.05, 0.1) is 0 Å². The van der Waals surface area contributed by atoms with Crippen LogP contribution in [0.2, 0.25) is 0 Å². The molecule has 1 heterocycles. The first-order chi connectivity index (χ1) is 7.35. The van der Waals surface area contributed by atoms with E-state index < -0.39 is 0 Å². The average molecular weight is 216 g/mol. The van der Waals surface area contributed by atoms with E-state index in [1.54, 1.807) is 0 Å². The van der Waals surface area contributed by atoms with Crippen LogP contribution in [-0.4, -0.2) is 57.3 Å². The van der Waals surface area contributed by atoms with E-state index in [9.17, 15) is 0 Å². The van der Waals surface area contributed by atoms with Crippen molar-refractivity contribution in [2.75, 3.05) is 52.4 Å². The predicted molar refractivity (Wildman–Crippen MR) is 67.2 cm³/mol. The van der Waals surface area contributed by atoms with Crippen LogP contribution in [0.25, 0.3) is 0 Å². The van der Waals surface area contributed by atoms with Gasteiger partial charge < -0.3 is 21.3 Å². The van der Waals surface area contributed by atoms with Crippen molar-refractivity contribution in [3.8, 4) is 0 Å². The fourth-order valence-corrected chi connectivity index (χ4v) is 1.46. The molecule has 0 amide bonds. The van der Waals surface area contributed by atoms with E-state index in [-0.39, 0.29) is 0 Å². The summed E-state index contributed by atoms with van der Waals surface area (Å²) in [5.74, 6) is 0.